The van der Waals surface area contributed by atoms with E-state index in [4.69, 9.17) is 5.11 Å². The van der Waals surface area contributed by atoms with Crippen LogP contribution in [0.25, 0.3) is 0 Å². The Labute approximate surface area is 107 Å². The standard InChI is InChI=1S/C9H9N3O4S2/c1-5-3-17-8(9(13)14)7(5)12-18(15,16)6-2-10-4-11-6/h2-4,12H,1H3,(H,10,11)(H,13,14). The van der Waals surface area contributed by atoms with Crippen molar-refractivity contribution in [1.29, 1.82) is 0 Å². The molecule has 2 heterocycles. The van der Waals surface area contributed by atoms with Gasteiger partial charge < -0.3 is 10.1 Å². The summed E-state index contributed by atoms with van der Waals surface area (Å²) < 4.78 is 26.1. The molecule has 3 N–H and O–H groups in total. The molecule has 0 radical (unpaired) electrons. The number of carbonyl (C=O) groups is 1. The molecule has 0 aliphatic rings. The number of sulfonamides is 1. The number of aromatic carboxylic acids is 1. The summed E-state index contributed by atoms with van der Waals surface area (Å²) in [4.78, 5) is 17.0. The van der Waals surface area contributed by atoms with Crippen molar-refractivity contribution in [3.05, 3.63) is 28.3 Å². The van der Waals surface area contributed by atoms with E-state index >= 15 is 0 Å². The van der Waals surface area contributed by atoms with E-state index in [0.717, 1.165) is 17.5 Å². The van der Waals surface area contributed by atoms with Crippen LogP contribution in [0.15, 0.2) is 22.9 Å². The zero-order valence-corrected chi connectivity index (χ0v) is 10.8. The number of aromatic nitrogens is 2. The highest BCUT2D eigenvalue weighted by molar-refractivity contribution is 7.92. The minimum Gasteiger partial charge on any atom is -0.477 e. The van der Waals surface area contributed by atoms with Gasteiger partial charge in [-0.3, -0.25) is 4.72 Å². The number of hydrogen-bond acceptors (Lipinski definition) is 5. The number of aryl methyl sites for hydroxylation is 1. The van der Waals surface area contributed by atoms with Gasteiger partial charge in [-0.2, -0.15) is 8.42 Å². The molecule has 0 spiro atoms. The molecule has 18 heavy (non-hydrogen) atoms. The van der Waals surface area contributed by atoms with E-state index < -0.39 is 16.0 Å². The Morgan fingerprint density at radius 1 is 1.56 bits per heavy atom. The molecule has 0 fully saturated rings. The van der Waals surface area contributed by atoms with Gasteiger partial charge >= 0.3 is 5.97 Å². The first kappa shape index (κ1) is 12.6. The molecule has 0 unspecified atom stereocenters. The average molecular weight is 287 g/mol. The van der Waals surface area contributed by atoms with Crippen molar-refractivity contribution in [2.75, 3.05) is 4.72 Å². The summed E-state index contributed by atoms with van der Waals surface area (Å²) in [5.41, 5.74) is 0.641. The van der Waals surface area contributed by atoms with Gasteiger partial charge in [-0.25, -0.2) is 9.78 Å². The maximum atomic E-state index is 11.9. The van der Waals surface area contributed by atoms with Crippen LogP contribution in [0.5, 0.6) is 0 Å². The third kappa shape index (κ3) is 2.22. The fourth-order valence-electron chi connectivity index (χ4n) is 1.31. The predicted molar refractivity (Wildman–Crippen MR) is 65.4 cm³/mol. The lowest BCUT2D eigenvalue weighted by molar-refractivity contribution is 0.0703. The molecule has 0 aromatic carbocycles. The van der Waals surface area contributed by atoms with Crippen molar-refractivity contribution in [3.8, 4) is 0 Å². The van der Waals surface area contributed by atoms with Crippen LogP contribution in [0.1, 0.15) is 15.2 Å². The number of H-pyrrole nitrogens is 1. The van der Waals surface area contributed by atoms with Crippen LogP contribution >= 0.6 is 11.3 Å². The van der Waals surface area contributed by atoms with Crippen molar-refractivity contribution < 1.29 is 18.3 Å². The fourth-order valence-corrected chi connectivity index (χ4v) is 3.26. The largest absolute Gasteiger partial charge is 0.477 e. The molecule has 2 rings (SSSR count). The molecular weight excluding hydrogens is 278 g/mol. The summed E-state index contributed by atoms with van der Waals surface area (Å²) in [7, 11) is -3.84. The fraction of sp³-hybridized carbons (Fsp3) is 0.111. The van der Waals surface area contributed by atoms with Gasteiger partial charge in [0.05, 0.1) is 18.2 Å². The smallest absolute Gasteiger partial charge is 0.348 e. The minimum absolute atomic E-state index is 0.0457. The predicted octanol–water partition coefficient (Wildman–Crippen LogP) is 1.28. The van der Waals surface area contributed by atoms with Crippen LogP contribution in [0.3, 0.4) is 0 Å². The van der Waals surface area contributed by atoms with Crippen LogP contribution in [0, 0.1) is 6.92 Å². The number of rotatable bonds is 4. The van der Waals surface area contributed by atoms with Gasteiger partial charge in [-0.1, -0.05) is 0 Å². The number of thiophene rings is 1. The second kappa shape index (κ2) is 4.42. The molecule has 0 saturated heterocycles. The van der Waals surface area contributed by atoms with E-state index in [1.165, 1.54) is 6.33 Å². The van der Waals surface area contributed by atoms with Gasteiger partial charge in [0.25, 0.3) is 10.0 Å². The first-order valence-electron chi connectivity index (χ1n) is 4.74. The Balaban J connectivity index is 2.41. The minimum atomic E-state index is -3.84. The van der Waals surface area contributed by atoms with E-state index in [1.807, 2.05) is 0 Å². The van der Waals surface area contributed by atoms with Crippen molar-refractivity contribution in [1.82, 2.24) is 9.97 Å². The normalized spacial score (nSPS) is 11.4. The number of aromatic amines is 1. The highest BCUT2D eigenvalue weighted by atomic mass is 32.2. The number of imidazole rings is 1. The number of hydrogen-bond donors (Lipinski definition) is 3. The van der Waals surface area contributed by atoms with Crippen molar-refractivity contribution in [2.45, 2.75) is 11.9 Å². The highest BCUT2D eigenvalue weighted by Gasteiger charge is 2.22. The summed E-state index contributed by atoms with van der Waals surface area (Å²) in [6.07, 6.45) is 2.37. The second-order valence-electron chi connectivity index (χ2n) is 3.45. The number of anilines is 1. The molecule has 0 saturated carbocycles. The molecule has 9 heteroatoms. The molecule has 0 aliphatic carbocycles. The Kier molecular flexibility index (Phi) is 3.09. The van der Waals surface area contributed by atoms with E-state index in [1.54, 1.807) is 12.3 Å². The number of nitrogens with one attached hydrogen (secondary N) is 2. The topological polar surface area (TPSA) is 112 Å². The van der Waals surface area contributed by atoms with Gasteiger partial charge in [0.1, 0.15) is 4.88 Å². The van der Waals surface area contributed by atoms with E-state index in [9.17, 15) is 13.2 Å². The molecule has 0 aliphatic heterocycles. The van der Waals surface area contributed by atoms with Crippen molar-refractivity contribution >= 4 is 33.0 Å². The van der Waals surface area contributed by atoms with Crippen LogP contribution in [0.2, 0.25) is 0 Å². The number of carboxylic acid groups (broad SMARTS) is 1. The number of nitrogens with zero attached hydrogens (tertiary/aromatic N) is 1. The van der Waals surface area contributed by atoms with Crippen LogP contribution < -0.4 is 4.72 Å². The molecule has 0 bridgehead atoms. The molecule has 0 amide bonds. The zero-order valence-electron chi connectivity index (χ0n) is 9.17. The average Bonchev–Trinajstić information content (AvgIpc) is 2.89. The summed E-state index contributed by atoms with van der Waals surface area (Å²) in [5.74, 6) is -1.17. The highest BCUT2D eigenvalue weighted by Crippen LogP contribution is 2.29. The van der Waals surface area contributed by atoms with Crippen LogP contribution in [-0.4, -0.2) is 29.5 Å². The monoisotopic (exact) mass is 287 g/mol. The van der Waals surface area contributed by atoms with Gasteiger partial charge in [-0.15, -0.1) is 11.3 Å². The summed E-state index contributed by atoms with van der Waals surface area (Å²) in [6, 6.07) is 0. The first-order valence-corrected chi connectivity index (χ1v) is 7.10. The Hall–Kier alpha value is -1.87. The third-order valence-corrected chi connectivity index (χ3v) is 4.53. The Morgan fingerprint density at radius 3 is 2.83 bits per heavy atom. The molecular formula is C9H9N3O4S2. The maximum Gasteiger partial charge on any atom is 0.348 e. The van der Waals surface area contributed by atoms with Gasteiger partial charge in [0.2, 0.25) is 0 Å². The summed E-state index contributed by atoms with van der Waals surface area (Å²) in [6.45, 7) is 1.63. The van der Waals surface area contributed by atoms with Crippen molar-refractivity contribution in [3.63, 3.8) is 0 Å². The second-order valence-corrected chi connectivity index (χ2v) is 5.98. The van der Waals surface area contributed by atoms with Crippen LogP contribution in [0.4, 0.5) is 5.69 Å². The molecule has 96 valence electrons. The molecule has 7 nitrogen and oxygen atoms in total. The van der Waals surface area contributed by atoms with E-state index in [2.05, 4.69) is 14.7 Å². The summed E-state index contributed by atoms with van der Waals surface area (Å²) in [5, 5.41) is 10.4. The quantitative estimate of drug-likeness (QED) is 0.784. The first-order chi connectivity index (χ1) is 8.42. The van der Waals surface area contributed by atoms with Gasteiger partial charge in [0.15, 0.2) is 5.03 Å². The number of carboxylic acids is 1. The lowest BCUT2D eigenvalue weighted by Gasteiger charge is -2.06. The van der Waals surface area contributed by atoms with E-state index in [-0.39, 0.29) is 15.6 Å². The molecule has 0 atom stereocenters. The maximum absolute atomic E-state index is 11.9. The Morgan fingerprint density at radius 2 is 2.28 bits per heavy atom. The SMILES string of the molecule is Cc1csc(C(=O)O)c1NS(=O)(=O)c1cnc[nH]1. The van der Waals surface area contributed by atoms with Crippen molar-refractivity contribution in [2.24, 2.45) is 0 Å². The van der Waals surface area contributed by atoms with Gasteiger partial charge in [0, 0.05) is 0 Å². The molecule has 2 aromatic heterocycles. The summed E-state index contributed by atoms with van der Waals surface area (Å²) >= 11 is 0.970. The molecule has 2 aromatic rings. The van der Waals surface area contributed by atoms with E-state index in [0.29, 0.717) is 5.56 Å². The van der Waals surface area contributed by atoms with Gasteiger partial charge in [-0.05, 0) is 17.9 Å². The third-order valence-electron chi connectivity index (χ3n) is 2.17. The van der Waals surface area contributed by atoms with Crippen LogP contribution in [-0.2, 0) is 10.0 Å². The lowest BCUT2D eigenvalue weighted by Crippen LogP contribution is -2.15. The Bertz CT molecular complexity index is 673. The lowest BCUT2D eigenvalue weighted by atomic mass is 10.3. The zero-order chi connectivity index (χ0) is 13.3.